The van der Waals surface area contributed by atoms with Gasteiger partial charge in [-0.1, -0.05) is 6.92 Å². The van der Waals surface area contributed by atoms with Crippen molar-refractivity contribution in [1.82, 2.24) is 5.32 Å². The zero-order chi connectivity index (χ0) is 12.8. The standard InChI is InChI=1S/C11H15NO4S/c1-7(11(14)15)3-4-12-10(13)9-5-8(16-2)6-17-9/h5-7H,3-4H2,1-2H3,(H,12,13)(H,14,15). The van der Waals surface area contributed by atoms with Crippen molar-refractivity contribution in [3.63, 3.8) is 0 Å². The number of ether oxygens (including phenoxy) is 1. The molecule has 0 bridgehead atoms. The van der Waals surface area contributed by atoms with Crippen LogP contribution in [0.5, 0.6) is 5.75 Å². The number of methoxy groups -OCH3 is 1. The number of aliphatic carboxylic acids is 1. The number of nitrogens with one attached hydrogen (secondary N) is 1. The van der Waals surface area contributed by atoms with E-state index in [9.17, 15) is 9.59 Å². The minimum absolute atomic E-state index is 0.198. The van der Waals surface area contributed by atoms with Gasteiger partial charge in [-0.05, 0) is 6.42 Å². The zero-order valence-corrected chi connectivity index (χ0v) is 10.5. The van der Waals surface area contributed by atoms with Gasteiger partial charge >= 0.3 is 5.97 Å². The molecule has 0 radical (unpaired) electrons. The van der Waals surface area contributed by atoms with Crippen molar-refractivity contribution >= 4 is 23.2 Å². The highest BCUT2D eigenvalue weighted by molar-refractivity contribution is 7.12. The smallest absolute Gasteiger partial charge is 0.306 e. The summed E-state index contributed by atoms with van der Waals surface area (Å²) in [5.41, 5.74) is 0. The van der Waals surface area contributed by atoms with Crippen molar-refractivity contribution in [1.29, 1.82) is 0 Å². The van der Waals surface area contributed by atoms with Crippen molar-refractivity contribution in [2.24, 2.45) is 5.92 Å². The molecule has 0 spiro atoms. The van der Waals surface area contributed by atoms with E-state index in [1.165, 1.54) is 18.4 Å². The Labute approximate surface area is 103 Å². The van der Waals surface area contributed by atoms with Gasteiger partial charge in [0.15, 0.2) is 0 Å². The maximum Gasteiger partial charge on any atom is 0.306 e. The van der Waals surface area contributed by atoms with Crippen molar-refractivity contribution in [2.75, 3.05) is 13.7 Å². The monoisotopic (exact) mass is 257 g/mol. The molecule has 1 heterocycles. The van der Waals surface area contributed by atoms with Crippen LogP contribution in [0.4, 0.5) is 0 Å². The fraction of sp³-hybridized carbons (Fsp3) is 0.455. The van der Waals surface area contributed by atoms with Crippen LogP contribution in [0.15, 0.2) is 11.4 Å². The molecule has 1 aromatic heterocycles. The Hall–Kier alpha value is -1.56. The van der Waals surface area contributed by atoms with Crippen LogP contribution in [0.3, 0.4) is 0 Å². The van der Waals surface area contributed by atoms with Crippen LogP contribution in [0.1, 0.15) is 23.0 Å². The van der Waals surface area contributed by atoms with E-state index in [0.717, 1.165) is 0 Å². The van der Waals surface area contributed by atoms with Crippen molar-refractivity contribution in [2.45, 2.75) is 13.3 Å². The number of hydrogen-bond donors (Lipinski definition) is 2. The summed E-state index contributed by atoms with van der Waals surface area (Å²) in [6.07, 6.45) is 0.420. The summed E-state index contributed by atoms with van der Waals surface area (Å²) in [6.45, 7) is 1.97. The molecule has 0 aliphatic carbocycles. The molecule has 0 aliphatic rings. The lowest BCUT2D eigenvalue weighted by Crippen LogP contribution is -2.26. The van der Waals surface area contributed by atoms with Gasteiger partial charge in [-0.2, -0.15) is 0 Å². The largest absolute Gasteiger partial charge is 0.496 e. The fourth-order valence-corrected chi connectivity index (χ4v) is 1.93. The Balaban J connectivity index is 2.37. The van der Waals surface area contributed by atoms with Crippen molar-refractivity contribution in [3.05, 3.63) is 16.3 Å². The Bertz CT molecular complexity index is 402. The van der Waals surface area contributed by atoms with Gasteiger partial charge < -0.3 is 15.2 Å². The molecule has 0 fully saturated rings. The molecule has 0 aliphatic heterocycles. The van der Waals surface area contributed by atoms with Crippen LogP contribution >= 0.6 is 11.3 Å². The highest BCUT2D eigenvalue weighted by atomic mass is 32.1. The molecule has 0 saturated carbocycles. The molecule has 0 saturated heterocycles. The Morgan fingerprint density at radius 1 is 1.59 bits per heavy atom. The van der Waals surface area contributed by atoms with Crippen LogP contribution in [-0.4, -0.2) is 30.6 Å². The molecule has 1 rings (SSSR count). The van der Waals surface area contributed by atoms with E-state index in [-0.39, 0.29) is 5.91 Å². The first-order valence-electron chi connectivity index (χ1n) is 5.18. The molecule has 1 atom stereocenters. The lowest BCUT2D eigenvalue weighted by molar-refractivity contribution is -0.141. The van der Waals surface area contributed by atoms with Crippen molar-refractivity contribution in [3.8, 4) is 5.75 Å². The first kappa shape index (κ1) is 13.5. The number of carboxylic acids is 1. The molecule has 2 N–H and O–H groups in total. The number of carbonyl (C=O) groups excluding carboxylic acids is 1. The molecule has 1 unspecified atom stereocenters. The van der Waals surface area contributed by atoms with Gasteiger partial charge in [-0.15, -0.1) is 11.3 Å². The molecular formula is C11H15NO4S. The minimum Gasteiger partial charge on any atom is -0.496 e. The summed E-state index contributed by atoms with van der Waals surface area (Å²) in [5, 5.41) is 13.1. The second-order valence-electron chi connectivity index (χ2n) is 3.63. The summed E-state index contributed by atoms with van der Waals surface area (Å²) >= 11 is 1.29. The average molecular weight is 257 g/mol. The van der Waals surface area contributed by atoms with Crippen LogP contribution < -0.4 is 10.1 Å². The van der Waals surface area contributed by atoms with E-state index in [1.807, 2.05) is 0 Å². The first-order chi connectivity index (χ1) is 8.04. The highest BCUT2D eigenvalue weighted by Gasteiger charge is 2.12. The van der Waals surface area contributed by atoms with E-state index < -0.39 is 11.9 Å². The number of rotatable bonds is 6. The predicted molar refractivity (Wildman–Crippen MR) is 64.6 cm³/mol. The van der Waals surface area contributed by atoms with Crippen LogP contribution in [0.25, 0.3) is 0 Å². The van der Waals surface area contributed by atoms with Crippen LogP contribution in [-0.2, 0) is 4.79 Å². The number of hydrogen-bond acceptors (Lipinski definition) is 4. The lowest BCUT2D eigenvalue weighted by atomic mass is 10.1. The summed E-state index contributed by atoms with van der Waals surface area (Å²) < 4.78 is 4.97. The van der Waals surface area contributed by atoms with E-state index >= 15 is 0 Å². The van der Waals surface area contributed by atoms with Gasteiger partial charge in [0.2, 0.25) is 0 Å². The minimum atomic E-state index is -0.850. The van der Waals surface area contributed by atoms with Gasteiger partial charge in [-0.3, -0.25) is 9.59 Å². The van der Waals surface area contributed by atoms with E-state index in [2.05, 4.69) is 5.32 Å². The molecule has 6 heteroatoms. The maximum absolute atomic E-state index is 11.6. The summed E-state index contributed by atoms with van der Waals surface area (Å²) in [6, 6.07) is 1.65. The van der Waals surface area contributed by atoms with Crippen LogP contribution in [0, 0.1) is 5.92 Å². The van der Waals surface area contributed by atoms with Crippen LogP contribution in [0.2, 0.25) is 0 Å². The summed E-state index contributed by atoms with van der Waals surface area (Å²) in [5.74, 6) is -0.847. The zero-order valence-electron chi connectivity index (χ0n) is 9.73. The Morgan fingerprint density at radius 3 is 2.82 bits per heavy atom. The van der Waals surface area contributed by atoms with Gasteiger partial charge in [0, 0.05) is 18.0 Å². The summed E-state index contributed by atoms with van der Waals surface area (Å²) in [7, 11) is 1.54. The molecular weight excluding hydrogens is 242 g/mol. The average Bonchev–Trinajstić information content (AvgIpc) is 2.77. The molecule has 1 amide bonds. The third-order valence-electron chi connectivity index (χ3n) is 2.32. The normalized spacial score (nSPS) is 11.9. The highest BCUT2D eigenvalue weighted by Crippen LogP contribution is 2.20. The quantitative estimate of drug-likeness (QED) is 0.811. The Kier molecular flexibility index (Phi) is 4.96. The molecule has 94 valence electrons. The molecule has 0 aromatic carbocycles. The molecule has 5 nitrogen and oxygen atoms in total. The number of carbonyl (C=O) groups is 2. The number of thiophene rings is 1. The van der Waals surface area contributed by atoms with Crippen molar-refractivity contribution < 1.29 is 19.4 Å². The Morgan fingerprint density at radius 2 is 2.29 bits per heavy atom. The summed E-state index contributed by atoms with van der Waals surface area (Å²) in [4.78, 5) is 22.7. The molecule has 1 aromatic rings. The van der Waals surface area contributed by atoms with Gasteiger partial charge in [0.1, 0.15) is 5.75 Å². The first-order valence-corrected chi connectivity index (χ1v) is 6.06. The lowest BCUT2D eigenvalue weighted by Gasteiger charge is -2.06. The second kappa shape index (κ2) is 6.24. The van der Waals surface area contributed by atoms with Gasteiger partial charge in [0.05, 0.1) is 17.9 Å². The third kappa shape index (κ3) is 4.07. The van der Waals surface area contributed by atoms with E-state index in [4.69, 9.17) is 9.84 Å². The number of amides is 1. The van der Waals surface area contributed by atoms with Gasteiger partial charge in [0.25, 0.3) is 5.91 Å². The maximum atomic E-state index is 11.6. The van der Waals surface area contributed by atoms with Gasteiger partial charge in [-0.25, -0.2) is 0 Å². The van der Waals surface area contributed by atoms with E-state index in [1.54, 1.807) is 18.4 Å². The second-order valence-corrected chi connectivity index (χ2v) is 4.55. The predicted octanol–water partition coefficient (Wildman–Crippen LogP) is 1.60. The molecule has 17 heavy (non-hydrogen) atoms. The fourth-order valence-electron chi connectivity index (χ4n) is 1.16. The number of carboxylic acid groups (broad SMARTS) is 1. The topological polar surface area (TPSA) is 75.6 Å². The SMILES string of the molecule is COc1csc(C(=O)NCCC(C)C(=O)O)c1. The third-order valence-corrected chi connectivity index (χ3v) is 3.23. The van der Waals surface area contributed by atoms with E-state index in [0.29, 0.717) is 23.6 Å².